The molecule has 0 aliphatic heterocycles. The molecule has 0 aromatic carbocycles. The van der Waals surface area contributed by atoms with Gasteiger partial charge in [-0.3, -0.25) is 0 Å². The molecule has 0 saturated heterocycles. The van der Waals surface area contributed by atoms with Crippen molar-refractivity contribution in [3.63, 3.8) is 0 Å². The van der Waals surface area contributed by atoms with Gasteiger partial charge in [0.05, 0.1) is 18.8 Å². The summed E-state index contributed by atoms with van der Waals surface area (Å²) in [5.41, 5.74) is 0. The largest absolute Gasteiger partial charge is 0.415 e. The zero-order chi connectivity index (χ0) is 16.9. The normalized spacial score (nSPS) is 16.6. The summed E-state index contributed by atoms with van der Waals surface area (Å²) in [6.07, 6.45) is 0.950. The molecule has 21 heavy (non-hydrogen) atoms. The van der Waals surface area contributed by atoms with Crippen molar-refractivity contribution < 1.29 is 18.1 Å². The summed E-state index contributed by atoms with van der Waals surface area (Å²) in [6, 6.07) is 0. The van der Waals surface area contributed by atoms with E-state index < -0.39 is 25.0 Å². The molecule has 0 amide bonds. The molecule has 4 nitrogen and oxygen atoms in total. The second-order valence-corrected chi connectivity index (χ2v) is 21.8. The molecule has 0 fully saturated rings. The van der Waals surface area contributed by atoms with Crippen molar-refractivity contribution in [3.05, 3.63) is 0 Å². The lowest BCUT2D eigenvalue weighted by Crippen LogP contribution is -2.48. The molecule has 0 saturated carbocycles. The van der Waals surface area contributed by atoms with Crippen LogP contribution in [0, 0.1) is 0 Å². The van der Waals surface area contributed by atoms with Crippen LogP contribution in [0.4, 0.5) is 0 Å². The van der Waals surface area contributed by atoms with Gasteiger partial charge in [0.15, 0.2) is 25.0 Å². The minimum Gasteiger partial charge on any atom is -0.415 e. The Kier molecular flexibility index (Phi) is 8.24. The van der Waals surface area contributed by atoms with Gasteiger partial charge in [-0.2, -0.15) is 0 Å². The summed E-state index contributed by atoms with van der Waals surface area (Å²) in [5, 5.41) is 0. The van der Waals surface area contributed by atoms with Crippen LogP contribution in [-0.2, 0) is 18.1 Å². The van der Waals surface area contributed by atoms with Crippen molar-refractivity contribution in [1.82, 2.24) is 0 Å². The Hall–Kier alpha value is 0.201. The van der Waals surface area contributed by atoms with Crippen LogP contribution in [0.5, 0.6) is 0 Å². The molecule has 0 heterocycles. The monoisotopic (exact) mass is 350 g/mol. The number of rotatable bonds is 10. The molecular formula is C14H34O4Si3. The summed E-state index contributed by atoms with van der Waals surface area (Å²) in [6.45, 7) is 19.9. The quantitative estimate of drug-likeness (QED) is 0.443. The lowest BCUT2D eigenvalue weighted by molar-refractivity contribution is -0.110. The van der Waals surface area contributed by atoms with E-state index in [9.17, 15) is 4.79 Å². The minimum atomic E-state index is -1.74. The summed E-state index contributed by atoms with van der Waals surface area (Å²) in [7, 11) is -5.09. The van der Waals surface area contributed by atoms with E-state index in [-0.39, 0.29) is 12.2 Å². The highest BCUT2D eigenvalue weighted by Gasteiger charge is 2.33. The van der Waals surface area contributed by atoms with E-state index in [0.29, 0.717) is 13.0 Å². The zero-order valence-corrected chi connectivity index (χ0v) is 18.3. The van der Waals surface area contributed by atoms with E-state index in [1.165, 1.54) is 0 Å². The molecule has 0 unspecified atom stereocenters. The van der Waals surface area contributed by atoms with Gasteiger partial charge in [-0.25, -0.2) is 0 Å². The molecule has 0 rings (SSSR count). The van der Waals surface area contributed by atoms with E-state index in [1.54, 1.807) is 0 Å². The van der Waals surface area contributed by atoms with Crippen LogP contribution < -0.4 is 0 Å². The predicted octanol–water partition coefficient (Wildman–Crippen LogP) is 3.87. The van der Waals surface area contributed by atoms with Crippen LogP contribution in [0.25, 0.3) is 0 Å². The number of hydrogen-bond acceptors (Lipinski definition) is 4. The Balaban J connectivity index is 5.04. The number of aldehydes is 1. The average molecular weight is 351 g/mol. The first-order valence-electron chi connectivity index (χ1n) is 7.67. The smallest absolute Gasteiger partial charge is 0.184 e. The fourth-order valence-corrected chi connectivity index (χ4v) is 4.78. The first-order chi connectivity index (χ1) is 9.23. The molecule has 0 aliphatic carbocycles. The van der Waals surface area contributed by atoms with Gasteiger partial charge in [-0.15, -0.1) is 0 Å². The Labute approximate surface area is 133 Å². The van der Waals surface area contributed by atoms with Gasteiger partial charge in [-0.1, -0.05) is 0 Å². The van der Waals surface area contributed by atoms with Crippen molar-refractivity contribution >= 4 is 31.2 Å². The highest BCUT2D eigenvalue weighted by Crippen LogP contribution is 2.20. The number of carbonyl (C=O) groups is 1. The van der Waals surface area contributed by atoms with Crippen molar-refractivity contribution in [2.45, 2.75) is 77.6 Å². The number of hydrogen-bond donors (Lipinski definition) is 0. The standard InChI is InChI=1S/C14H34O4Si3/c1-19(2,3)16-12-14(18-21(7,8)9)13(10-11-15)17-20(4,5)6/h11,13-14H,10,12H2,1-9H3/t13-,14+/m1/s1. The fraction of sp³-hybridized carbons (Fsp3) is 0.929. The molecule has 0 aromatic heterocycles. The predicted molar refractivity (Wildman–Crippen MR) is 96.4 cm³/mol. The van der Waals surface area contributed by atoms with Gasteiger partial charge < -0.3 is 18.1 Å². The highest BCUT2D eigenvalue weighted by atomic mass is 28.4. The Morgan fingerprint density at radius 1 is 0.762 bits per heavy atom. The fourth-order valence-electron chi connectivity index (χ4n) is 1.83. The Bertz CT molecular complexity index is 316. The topological polar surface area (TPSA) is 44.8 Å². The first-order valence-corrected chi connectivity index (χ1v) is 17.9. The molecule has 0 bridgehead atoms. The van der Waals surface area contributed by atoms with Crippen molar-refractivity contribution in [3.8, 4) is 0 Å². The SMILES string of the molecule is C[Si](C)(C)OC[C@H](O[Si](C)(C)C)[C@@H](CC=O)O[Si](C)(C)C. The van der Waals surface area contributed by atoms with Crippen LogP contribution in [0.1, 0.15) is 6.42 Å². The molecule has 7 heteroatoms. The lowest BCUT2D eigenvalue weighted by atomic mass is 10.2. The molecule has 0 N–H and O–H groups in total. The van der Waals surface area contributed by atoms with Gasteiger partial charge >= 0.3 is 0 Å². The van der Waals surface area contributed by atoms with E-state index in [1.807, 2.05) is 0 Å². The Morgan fingerprint density at radius 3 is 1.52 bits per heavy atom. The van der Waals surface area contributed by atoms with Gasteiger partial charge in [0, 0.05) is 6.42 Å². The average Bonchev–Trinajstić information content (AvgIpc) is 2.19. The van der Waals surface area contributed by atoms with Crippen LogP contribution in [0.15, 0.2) is 0 Å². The summed E-state index contributed by atoms with van der Waals surface area (Å²) in [4.78, 5) is 11.0. The first kappa shape index (κ1) is 21.2. The van der Waals surface area contributed by atoms with Gasteiger partial charge in [0.25, 0.3) is 0 Å². The molecule has 0 spiro atoms. The van der Waals surface area contributed by atoms with Crippen LogP contribution in [-0.4, -0.2) is 50.1 Å². The second-order valence-electron chi connectivity index (χ2n) is 8.36. The van der Waals surface area contributed by atoms with Gasteiger partial charge in [0.2, 0.25) is 0 Å². The summed E-state index contributed by atoms with van der Waals surface area (Å²) >= 11 is 0. The highest BCUT2D eigenvalue weighted by molar-refractivity contribution is 6.70. The van der Waals surface area contributed by atoms with Crippen molar-refractivity contribution in [2.75, 3.05) is 6.61 Å². The third-order valence-corrected chi connectivity index (χ3v) is 5.49. The molecular weight excluding hydrogens is 316 g/mol. The van der Waals surface area contributed by atoms with Gasteiger partial charge in [-0.05, 0) is 58.9 Å². The van der Waals surface area contributed by atoms with E-state index >= 15 is 0 Å². The van der Waals surface area contributed by atoms with Gasteiger partial charge in [0.1, 0.15) is 6.29 Å². The molecule has 126 valence electrons. The zero-order valence-electron chi connectivity index (χ0n) is 15.3. The van der Waals surface area contributed by atoms with Crippen molar-refractivity contribution in [1.29, 1.82) is 0 Å². The van der Waals surface area contributed by atoms with E-state index in [4.69, 9.17) is 13.3 Å². The van der Waals surface area contributed by atoms with Crippen LogP contribution >= 0.6 is 0 Å². The van der Waals surface area contributed by atoms with Crippen molar-refractivity contribution in [2.24, 2.45) is 0 Å². The van der Waals surface area contributed by atoms with E-state index in [0.717, 1.165) is 6.29 Å². The van der Waals surface area contributed by atoms with E-state index in [2.05, 4.69) is 58.9 Å². The summed E-state index contributed by atoms with van der Waals surface area (Å²) < 4.78 is 18.5. The molecule has 2 atom stereocenters. The number of carbonyl (C=O) groups excluding carboxylic acids is 1. The maximum Gasteiger partial charge on any atom is 0.184 e. The molecule has 0 aromatic rings. The lowest BCUT2D eigenvalue weighted by Gasteiger charge is -2.36. The third kappa shape index (κ3) is 12.4. The molecule has 0 aliphatic rings. The molecule has 0 radical (unpaired) electrons. The maximum atomic E-state index is 11.0. The second kappa shape index (κ2) is 8.17. The Morgan fingerprint density at radius 2 is 1.19 bits per heavy atom. The maximum absolute atomic E-state index is 11.0. The third-order valence-electron chi connectivity index (χ3n) is 2.43. The van der Waals surface area contributed by atoms with Crippen LogP contribution in [0.3, 0.4) is 0 Å². The summed E-state index contributed by atoms with van der Waals surface area (Å²) in [5.74, 6) is 0. The minimum absolute atomic E-state index is 0.152. The van der Waals surface area contributed by atoms with Crippen LogP contribution in [0.2, 0.25) is 58.9 Å².